The summed E-state index contributed by atoms with van der Waals surface area (Å²) in [4.78, 5) is 27.2. The van der Waals surface area contributed by atoms with E-state index in [0.717, 1.165) is 10.9 Å². The van der Waals surface area contributed by atoms with E-state index >= 15 is 0 Å². The highest BCUT2D eigenvalue weighted by atomic mass is 16.5. The van der Waals surface area contributed by atoms with Crippen molar-refractivity contribution in [1.82, 2.24) is 9.88 Å². The van der Waals surface area contributed by atoms with E-state index in [-0.39, 0.29) is 12.5 Å². The number of H-pyrrole nitrogens is 1. The van der Waals surface area contributed by atoms with E-state index in [9.17, 15) is 9.59 Å². The number of carboxylic acid groups (broad SMARTS) is 1. The lowest BCUT2D eigenvalue weighted by atomic mass is 10.2. The monoisotopic (exact) mass is 276 g/mol. The first-order valence-electron chi connectivity index (χ1n) is 6.23. The smallest absolute Gasteiger partial charge is 0.323 e. The first-order valence-corrected chi connectivity index (χ1v) is 6.23. The molecule has 0 radical (unpaired) electrons. The van der Waals surface area contributed by atoms with Crippen LogP contribution in [-0.2, 0) is 4.79 Å². The molecular weight excluding hydrogens is 260 g/mol. The summed E-state index contributed by atoms with van der Waals surface area (Å²) >= 11 is 0. The van der Waals surface area contributed by atoms with Crippen LogP contribution in [0.4, 0.5) is 0 Å². The van der Waals surface area contributed by atoms with Crippen LogP contribution in [0.5, 0.6) is 5.75 Å². The molecule has 20 heavy (non-hydrogen) atoms. The number of nitrogens with zero attached hydrogens (tertiary/aromatic N) is 1. The van der Waals surface area contributed by atoms with E-state index in [1.54, 1.807) is 26.2 Å². The summed E-state index contributed by atoms with van der Waals surface area (Å²) in [6.45, 7) is 1.77. The van der Waals surface area contributed by atoms with E-state index in [4.69, 9.17) is 9.84 Å². The number of rotatable bonds is 5. The number of carboxylic acids is 1. The number of likely N-dealkylation sites (N-methyl/N-ethyl adjacent to an activating group) is 1. The highest BCUT2D eigenvalue weighted by Gasteiger charge is 2.18. The van der Waals surface area contributed by atoms with Gasteiger partial charge >= 0.3 is 5.97 Å². The topological polar surface area (TPSA) is 82.6 Å². The highest BCUT2D eigenvalue weighted by molar-refractivity contribution is 5.99. The van der Waals surface area contributed by atoms with Crippen molar-refractivity contribution in [3.8, 4) is 5.75 Å². The maximum atomic E-state index is 12.2. The van der Waals surface area contributed by atoms with Crippen molar-refractivity contribution in [3.63, 3.8) is 0 Å². The molecule has 0 saturated carbocycles. The molecule has 2 rings (SSSR count). The van der Waals surface area contributed by atoms with Crippen LogP contribution in [0.3, 0.4) is 0 Å². The second-order valence-corrected chi connectivity index (χ2v) is 4.35. The van der Waals surface area contributed by atoms with Crippen molar-refractivity contribution in [2.75, 3.05) is 20.2 Å². The van der Waals surface area contributed by atoms with Crippen molar-refractivity contribution in [1.29, 1.82) is 0 Å². The molecule has 0 aliphatic rings. The van der Waals surface area contributed by atoms with E-state index in [0.29, 0.717) is 18.0 Å². The Labute approximate surface area is 116 Å². The highest BCUT2D eigenvalue weighted by Crippen LogP contribution is 2.22. The number of aromatic nitrogens is 1. The van der Waals surface area contributed by atoms with Gasteiger partial charge in [-0.25, -0.2) is 0 Å². The van der Waals surface area contributed by atoms with Gasteiger partial charge < -0.3 is 19.7 Å². The molecule has 2 N–H and O–H groups in total. The number of benzene rings is 1. The van der Waals surface area contributed by atoms with Crippen molar-refractivity contribution in [2.45, 2.75) is 6.92 Å². The third-order valence-corrected chi connectivity index (χ3v) is 3.05. The number of aromatic amines is 1. The molecule has 0 unspecified atom stereocenters. The van der Waals surface area contributed by atoms with Crippen LogP contribution < -0.4 is 4.74 Å². The second-order valence-electron chi connectivity index (χ2n) is 4.35. The number of ether oxygens (including phenoxy) is 1. The lowest BCUT2D eigenvalue weighted by Gasteiger charge is -2.17. The van der Waals surface area contributed by atoms with Gasteiger partial charge in [-0.05, 0) is 31.2 Å². The van der Waals surface area contributed by atoms with Crippen LogP contribution in [0.2, 0.25) is 0 Å². The van der Waals surface area contributed by atoms with Gasteiger partial charge in [0, 0.05) is 17.4 Å². The number of carbonyl (C=O) groups excluding carboxylic acids is 1. The summed E-state index contributed by atoms with van der Waals surface area (Å²) in [5.41, 5.74) is 1.18. The summed E-state index contributed by atoms with van der Waals surface area (Å²) in [6, 6.07) is 7.13. The molecule has 0 saturated heterocycles. The molecule has 0 spiro atoms. The lowest BCUT2D eigenvalue weighted by Crippen LogP contribution is -2.35. The van der Waals surface area contributed by atoms with E-state index in [2.05, 4.69) is 4.98 Å². The van der Waals surface area contributed by atoms with Crippen LogP contribution in [0.15, 0.2) is 24.3 Å². The van der Waals surface area contributed by atoms with Crippen LogP contribution in [0.25, 0.3) is 10.9 Å². The summed E-state index contributed by atoms with van der Waals surface area (Å²) in [7, 11) is 1.57. The summed E-state index contributed by atoms with van der Waals surface area (Å²) in [6.07, 6.45) is 0. The third-order valence-electron chi connectivity index (χ3n) is 3.05. The minimum absolute atomic E-state index is 0.311. The zero-order valence-corrected chi connectivity index (χ0v) is 11.3. The Morgan fingerprint density at radius 1 is 1.35 bits per heavy atom. The van der Waals surface area contributed by atoms with Crippen LogP contribution in [0.1, 0.15) is 17.4 Å². The average Bonchev–Trinajstić information content (AvgIpc) is 2.86. The largest absolute Gasteiger partial charge is 0.497 e. The van der Waals surface area contributed by atoms with Crippen molar-refractivity contribution in [2.24, 2.45) is 0 Å². The molecule has 2 aromatic rings. The average molecular weight is 276 g/mol. The lowest BCUT2D eigenvalue weighted by molar-refractivity contribution is -0.137. The molecule has 1 aromatic carbocycles. The van der Waals surface area contributed by atoms with Gasteiger partial charge in [0.2, 0.25) is 0 Å². The predicted molar refractivity (Wildman–Crippen MR) is 74.1 cm³/mol. The Morgan fingerprint density at radius 2 is 2.10 bits per heavy atom. The standard InChI is InChI=1S/C14H16N2O4/c1-3-16(8-13(17)18)14(19)12-7-9-6-10(20-2)4-5-11(9)15-12/h4-7,15H,3,8H2,1-2H3,(H,17,18). The number of fused-ring (bicyclic) bond motifs is 1. The summed E-state index contributed by atoms with van der Waals surface area (Å²) in [5.74, 6) is -0.656. The van der Waals surface area contributed by atoms with Crippen molar-refractivity contribution < 1.29 is 19.4 Å². The molecule has 1 heterocycles. The second kappa shape index (κ2) is 5.64. The number of amides is 1. The first kappa shape index (κ1) is 13.9. The maximum absolute atomic E-state index is 12.2. The summed E-state index contributed by atoms with van der Waals surface area (Å²) in [5, 5.41) is 9.64. The molecule has 6 nitrogen and oxygen atoms in total. The van der Waals surface area contributed by atoms with Gasteiger partial charge in [0.25, 0.3) is 5.91 Å². The molecule has 1 amide bonds. The van der Waals surface area contributed by atoms with Crippen molar-refractivity contribution in [3.05, 3.63) is 30.0 Å². The molecule has 0 aliphatic carbocycles. The van der Waals surface area contributed by atoms with Gasteiger partial charge in [0.15, 0.2) is 0 Å². The minimum atomic E-state index is -1.03. The molecule has 106 valence electrons. The van der Waals surface area contributed by atoms with Crippen LogP contribution in [0, 0.1) is 0 Å². The maximum Gasteiger partial charge on any atom is 0.323 e. The molecule has 6 heteroatoms. The fourth-order valence-electron chi connectivity index (χ4n) is 2.01. The number of methoxy groups -OCH3 is 1. The molecule has 0 fully saturated rings. The van der Waals surface area contributed by atoms with E-state index < -0.39 is 5.97 Å². The van der Waals surface area contributed by atoms with Gasteiger partial charge in [0.05, 0.1) is 7.11 Å². The first-order chi connectivity index (χ1) is 9.55. The van der Waals surface area contributed by atoms with Crippen LogP contribution >= 0.6 is 0 Å². The van der Waals surface area contributed by atoms with Gasteiger partial charge in [-0.1, -0.05) is 0 Å². The molecule has 1 aromatic heterocycles. The number of hydrogen-bond acceptors (Lipinski definition) is 3. The molecule has 0 bridgehead atoms. The molecule has 0 atom stereocenters. The quantitative estimate of drug-likeness (QED) is 0.871. The fourth-order valence-corrected chi connectivity index (χ4v) is 2.01. The Hall–Kier alpha value is -2.50. The minimum Gasteiger partial charge on any atom is -0.497 e. The number of aliphatic carboxylic acids is 1. The summed E-state index contributed by atoms with van der Waals surface area (Å²) < 4.78 is 5.13. The van der Waals surface area contributed by atoms with E-state index in [1.807, 2.05) is 12.1 Å². The zero-order chi connectivity index (χ0) is 14.7. The number of hydrogen-bond donors (Lipinski definition) is 2. The zero-order valence-electron chi connectivity index (χ0n) is 11.3. The fraction of sp³-hybridized carbons (Fsp3) is 0.286. The molecule has 0 aliphatic heterocycles. The van der Waals surface area contributed by atoms with Gasteiger partial charge in [0.1, 0.15) is 18.0 Å². The number of carbonyl (C=O) groups is 2. The Morgan fingerprint density at radius 3 is 2.70 bits per heavy atom. The predicted octanol–water partition coefficient (Wildman–Crippen LogP) is 1.72. The Kier molecular flexibility index (Phi) is 3.93. The Balaban J connectivity index is 2.31. The molecular formula is C14H16N2O4. The third kappa shape index (κ3) is 2.74. The van der Waals surface area contributed by atoms with E-state index in [1.165, 1.54) is 4.90 Å². The van der Waals surface area contributed by atoms with Gasteiger partial charge in [-0.2, -0.15) is 0 Å². The van der Waals surface area contributed by atoms with Gasteiger partial charge in [-0.3, -0.25) is 9.59 Å². The number of nitrogens with one attached hydrogen (secondary N) is 1. The normalized spacial score (nSPS) is 10.5. The Bertz CT molecular complexity index is 648. The van der Waals surface area contributed by atoms with Crippen molar-refractivity contribution >= 4 is 22.8 Å². The van der Waals surface area contributed by atoms with Crippen LogP contribution in [-0.4, -0.2) is 47.1 Å². The van der Waals surface area contributed by atoms with Gasteiger partial charge in [-0.15, -0.1) is 0 Å². The SMILES string of the molecule is CCN(CC(=O)O)C(=O)c1cc2cc(OC)ccc2[nH]1.